The van der Waals surface area contributed by atoms with E-state index in [4.69, 9.17) is 5.73 Å². The minimum Gasteiger partial charge on any atom is -0.328 e. The van der Waals surface area contributed by atoms with Crippen molar-refractivity contribution in [2.24, 2.45) is 5.73 Å². The van der Waals surface area contributed by atoms with Crippen LogP contribution in [0.4, 0.5) is 0 Å². The third kappa shape index (κ3) is 2.74. The van der Waals surface area contributed by atoms with Crippen molar-refractivity contribution in [1.29, 1.82) is 0 Å². The molecule has 0 bridgehead atoms. The van der Waals surface area contributed by atoms with Gasteiger partial charge in [0.05, 0.1) is 18.2 Å². The number of hydrogen-bond acceptors (Lipinski definition) is 2. The highest BCUT2D eigenvalue weighted by Gasteiger charge is 2.21. The van der Waals surface area contributed by atoms with Crippen molar-refractivity contribution in [2.75, 3.05) is 0 Å². The zero-order valence-electron chi connectivity index (χ0n) is 10.8. The van der Waals surface area contributed by atoms with E-state index >= 15 is 0 Å². The van der Waals surface area contributed by atoms with Crippen molar-refractivity contribution in [1.82, 2.24) is 9.55 Å². The molecule has 1 fully saturated rings. The lowest BCUT2D eigenvalue weighted by molar-refractivity contribution is 0.325. The van der Waals surface area contributed by atoms with E-state index in [2.05, 4.69) is 43.7 Å². The van der Waals surface area contributed by atoms with Crippen molar-refractivity contribution in [2.45, 2.75) is 37.8 Å². The van der Waals surface area contributed by atoms with Gasteiger partial charge >= 0.3 is 0 Å². The molecule has 0 amide bonds. The van der Waals surface area contributed by atoms with Gasteiger partial charge in [0, 0.05) is 22.1 Å². The Morgan fingerprint density at radius 2 is 2.00 bits per heavy atom. The van der Waals surface area contributed by atoms with Crippen LogP contribution in [0.15, 0.2) is 41.3 Å². The van der Waals surface area contributed by atoms with Gasteiger partial charge in [0.1, 0.15) is 0 Å². The zero-order chi connectivity index (χ0) is 13.2. The van der Waals surface area contributed by atoms with E-state index in [9.17, 15) is 0 Å². The fourth-order valence-corrected chi connectivity index (χ4v) is 3.25. The molecular weight excluding hydrogens is 302 g/mol. The number of benzene rings is 1. The van der Waals surface area contributed by atoms with Crippen LogP contribution >= 0.6 is 15.9 Å². The molecule has 0 radical (unpaired) electrons. The summed E-state index contributed by atoms with van der Waals surface area (Å²) in [7, 11) is 0. The van der Waals surface area contributed by atoms with Crippen LogP contribution in [0.2, 0.25) is 0 Å². The van der Waals surface area contributed by atoms with Crippen molar-refractivity contribution in [3.8, 4) is 11.3 Å². The molecular formula is C15H18BrN3. The first-order valence-electron chi connectivity index (χ1n) is 6.77. The molecule has 1 aromatic carbocycles. The number of nitrogens with zero attached hydrogens (tertiary/aromatic N) is 2. The molecule has 3 rings (SSSR count). The Morgan fingerprint density at radius 3 is 2.74 bits per heavy atom. The Bertz CT molecular complexity index is 556. The average molecular weight is 320 g/mol. The van der Waals surface area contributed by atoms with Gasteiger partial charge in [-0.2, -0.15) is 0 Å². The molecule has 0 aliphatic heterocycles. The first-order valence-corrected chi connectivity index (χ1v) is 7.56. The van der Waals surface area contributed by atoms with Crippen molar-refractivity contribution < 1.29 is 0 Å². The van der Waals surface area contributed by atoms with Crippen molar-refractivity contribution >= 4 is 15.9 Å². The topological polar surface area (TPSA) is 43.8 Å². The van der Waals surface area contributed by atoms with Gasteiger partial charge in [0.15, 0.2) is 0 Å². The molecule has 1 aromatic heterocycles. The Balaban J connectivity index is 1.90. The summed E-state index contributed by atoms with van der Waals surface area (Å²) >= 11 is 3.53. The number of halogens is 1. The van der Waals surface area contributed by atoms with E-state index in [1.54, 1.807) is 0 Å². The maximum Gasteiger partial charge on any atom is 0.0953 e. The molecule has 19 heavy (non-hydrogen) atoms. The van der Waals surface area contributed by atoms with E-state index in [1.807, 2.05) is 18.6 Å². The Kier molecular flexibility index (Phi) is 3.71. The van der Waals surface area contributed by atoms with Gasteiger partial charge in [-0.15, -0.1) is 0 Å². The molecule has 1 saturated carbocycles. The second-order valence-corrected chi connectivity index (χ2v) is 6.18. The predicted octanol–water partition coefficient (Wildman–Crippen LogP) is 3.76. The molecule has 1 heterocycles. The van der Waals surface area contributed by atoms with E-state index in [0.29, 0.717) is 12.1 Å². The van der Waals surface area contributed by atoms with Crippen LogP contribution in [-0.2, 0) is 0 Å². The Morgan fingerprint density at radius 1 is 1.21 bits per heavy atom. The van der Waals surface area contributed by atoms with Crippen LogP contribution in [0.5, 0.6) is 0 Å². The Labute approximate surface area is 122 Å². The standard InChI is InChI=1S/C15H18BrN3/c16-12-3-1-2-11(8-12)15-9-18-10-19(15)14-6-4-13(17)5-7-14/h1-3,8-10,13-14H,4-7,17H2. The minimum absolute atomic E-state index is 0.383. The number of aromatic nitrogens is 2. The number of rotatable bonds is 2. The summed E-state index contributed by atoms with van der Waals surface area (Å²) in [5.74, 6) is 0. The van der Waals surface area contributed by atoms with Crippen LogP contribution in [0.1, 0.15) is 31.7 Å². The first kappa shape index (κ1) is 12.9. The van der Waals surface area contributed by atoms with E-state index in [-0.39, 0.29) is 0 Å². The summed E-state index contributed by atoms with van der Waals surface area (Å²) < 4.78 is 3.41. The molecule has 3 nitrogen and oxygen atoms in total. The molecule has 0 saturated heterocycles. The van der Waals surface area contributed by atoms with E-state index in [0.717, 1.165) is 30.2 Å². The smallest absolute Gasteiger partial charge is 0.0953 e. The third-order valence-electron chi connectivity index (χ3n) is 3.92. The maximum absolute atomic E-state index is 5.99. The van der Waals surface area contributed by atoms with Gasteiger partial charge in [0.2, 0.25) is 0 Å². The molecule has 1 aliphatic carbocycles. The summed E-state index contributed by atoms with van der Waals surface area (Å²) in [5.41, 5.74) is 8.39. The zero-order valence-corrected chi connectivity index (χ0v) is 12.4. The molecule has 2 aromatic rings. The van der Waals surface area contributed by atoms with Gasteiger partial charge < -0.3 is 10.3 Å². The lowest BCUT2D eigenvalue weighted by atomic mass is 9.91. The van der Waals surface area contributed by atoms with Gasteiger partial charge in [0.25, 0.3) is 0 Å². The summed E-state index contributed by atoms with van der Waals surface area (Å²) in [4.78, 5) is 4.34. The molecule has 4 heteroatoms. The quantitative estimate of drug-likeness (QED) is 0.916. The lowest BCUT2D eigenvalue weighted by Gasteiger charge is -2.28. The van der Waals surface area contributed by atoms with Gasteiger partial charge in [-0.3, -0.25) is 0 Å². The number of hydrogen-bond donors (Lipinski definition) is 1. The molecule has 100 valence electrons. The number of imidazole rings is 1. The Hall–Kier alpha value is -1.13. The lowest BCUT2D eigenvalue weighted by Crippen LogP contribution is -2.27. The van der Waals surface area contributed by atoms with Crippen LogP contribution < -0.4 is 5.73 Å². The van der Waals surface area contributed by atoms with Crippen LogP contribution in [0, 0.1) is 0 Å². The maximum atomic E-state index is 5.99. The summed E-state index contributed by atoms with van der Waals surface area (Å²) in [6.07, 6.45) is 8.44. The molecule has 2 N–H and O–H groups in total. The highest BCUT2D eigenvalue weighted by molar-refractivity contribution is 9.10. The molecule has 1 aliphatic rings. The fraction of sp³-hybridized carbons (Fsp3) is 0.400. The van der Waals surface area contributed by atoms with Gasteiger partial charge in [-0.25, -0.2) is 4.98 Å². The fourth-order valence-electron chi connectivity index (χ4n) is 2.85. The van der Waals surface area contributed by atoms with Gasteiger partial charge in [-0.1, -0.05) is 28.1 Å². The normalized spacial score (nSPS) is 23.5. The highest BCUT2D eigenvalue weighted by Crippen LogP contribution is 2.32. The highest BCUT2D eigenvalue weighted by atomic mass is 79.9. The second kappa shape index (κ2) is 5.47. The average Bonchev–Trinajstić information content (AvgIpc) is 2.89. The first-order chi connectivity index (χ1) is 9.24. The van der Waals surface area contributed by atoms with Crippen LogP contribution in [0.3, 0.4) is 0 Å². The summed E-state index contributed by atoms with van der Waals surface area (Å²) in [6.45, 7) is 0. The van der Waals surface area contributed by atoms with E-state index in [1.165, 1.54) is 11.3 Å². The molecule has 0 atom stereocenters. The SMILES string of the molecule is NC1CCC(n2cncc2-c2cccc(Br)c2)CC1. The summed E-state index contributed by atoms with van der Waals surface area (Å²) in [6, 6.07) is 9.30. The summed E-state index contributed by atoms with van der Waals surface area (Å²) in [5, 5.41) is 0. The number of nitrogens with two attached hydrogens (primary N) is 1. The monoisotopic (exact) mass is 319 g/mol. The van der Waals surface area contributed by atoms with Crippen LogP contribution in [-0.4, -0.2) is 15.6 Å². The van der Waals surface area contributed by atoms with E-state index < -0.39 is 0 Å². The van der Waals surface area contributed by atoms with Crippen LogP contribution in [0.25, 0.3) is 11.3 Å². The minimum atomic E-state index is 0.383. The predicted molar refractivity (Wildman–Crippen MR) is 80.8 cm³/mol. The third-order valence-corrected chi connectivity index (χ3v) is 4.41. The van der Waals surface area contributed by atoms with Crippen molar-refractivity contribution in [3.63, 3.8) is 0 Å². The second-order valence-electron chi connectivity index (χ2n) is 5.27. The van der Waals surface area contributed by atoms with Gasteiger partial charge in [-0.05, 0) is 37.8 Å². The largest absolute Gasteiger partial charge is 0.328 e. The van der Waals surface area contributed by atoms with Crippen molar-refractivity contribution in [3.05, 3.63) is 41.3 Å². The molecule has 0 spiro atoms. The molecule has 0 unspecified atom stereocenters.